The van der Waals surface area contributed by atoms with E-state index >= 15 is 0 Å². The monoisotopic (exact) mass is 350 g/mol. The molecule has 0 unspecified atom stereocenters. The van der Waals surface area contributed by atoms with Gasteiger partial charge in [0.15, 0.2) is 5.96 Å². The lowest BCUT2D eigenvalue weighted by Gasteiger charge is -2.26. The van der Waals surface area contributed by atoms with E-state index in [1.54, 1.807) is 6.92 Å². The Morgan fingerprint density at radius 1 is 1.04 bits per heavy atom. The Balaban J connectivity index is 4.52. The Bertz CT molecular complexity index is 432. The average Bonchev–Trinajstić information content (AvgIpc) is 2.49. The zero-order valence-corrected chi connectivity index (χ0v) is 15.8. The summed E-state index contributed by atoms with van der Waals surface area (Å²) >= 11 is 0. The number of rotatable bonds is 12. The van der Waals surface area contributed by atoms with Gasteiger partial charge >= 0.3 is 0 Å². The zero-order chi connectivity index (χ0) is 17.8. The lowest BCUT2D eigenvalue weighted by atomic mass is 9.93. The highest BCUT2D eigenvalue weighted by Gasteiger charge is 2.24. The maximum absolute atomic E-state index is 11.4. The van der Waals surface area contributed by atoms with Gasteiger partial charge < -0.3 is 15.7 Å². The van der Waals surface area contributed by atoms with Gasteiger partial charge in [0, 0.05) is 19.6 Å². The van der Waals surface area contributed by atoms with E-state index in [1.165, 1.54) is 0 Å². The molecule has 0 aliphatic heterocycles. The van der Waals surface area contributed by atoms with Crippen LogP contribution in [-0.4, -0.2) is 57.0 Å². The fourth-order valence-corrected chi connectivity index (χ4v) is 2.89. The molecule has 0 aliphatic rings. The van der Waals surface area contributed by atoms with E-state index in [0.717, 1.165) is 25.7 Å². The summed E-state index contributed by atoms with van der Waals surface area (Å²) in [5.74, 6) is 0.663. The number of hydrogen-bond acceptors (Lipinski definition) is 4. The lowest BCUT2D eigenvalue weighted by Crippen LogP contribution is -2.43. The molecule has 0 radical (unpaired) electrons. The minimum absolute atomic E-state index is 0.0717. The molecular formula is C15H34N4O3S. The smallest absolute Gasteiger partial charge is 0.211 e. The van der Waals surface area contributed by atoms with Crippen molar-refractivity contribution in [2.24, 2.45) is 4.99 Å². The first kappa shape index (κ1) is 22.1. The van der Waals surface area contributed by atoms with Crippen molar-refractivity contribution >= 4 is 16.0 Å². The zero-order valence-electron chi connectivity index (χ0n) is 15.0. The fourth-order valence-electron chi connectivity index (χ4n) is 2.27. The predicted octanol–water partition coefficient (Wildman–Crippen LogP) is 0.812. The molecule has 0 rings (SSSR count). The highest BCUT2D eigenvalue weighted by molar-refractivity contribution is 7.89. The van der Waals surface area contributed by atoms with E-state index in [0.29, 0.717) is 32.1 Å². The van der Waals surface area contributed by atoms with Crippen molar-refractivity contribution in [2.75, 3.05) is 31.9 Å². The van der Waals surface area contributed by atoms with Gasteiger partial charge in [-0.25, -0.2) is 13.1 Å². The van der Waals surface area contributed by atoms with Crippen LogP contribution in [0.5, 0.6) is 0 Å². The van der Waals surface area contributed by atoms with Crippen LogP contribution in [0.2, 0.25) is 0 Å². The van der Waals surface area contributed by atoms with Crippen LogP contribution in [0.4, 0.5) is 0 Å². The maximum Gasteiger partial charge on any atom is 0.211 e. The third kappa shape index (κ3) is 10.5. The highest BCUT2D eigenvalue weighted by atomic mass is 32.2. The summed E-state index contributed by atoms with van der Waals surface area (Å²) < 4.78 is 25.2. The summed E-state index contributed by atoms with van der Waals surface area (Å²) in [4.78, 5) is 4.44. The Morgan fingerprint density at radius 2 is 1.65 bits per heavy atom. The van der Waals surface area contributed by atoms with Crippen LogP contribution in [0.25, 0.3) is 0 Å². The van der Waals surface area contributed by atoms with Gasteiger partial charge in [-0.15, -0.1) is 0 Å². The van der Waals surface area contributed by atoms with Crippen molar-refractivity contribution in [1.82, 2.24) is 15.4 Å². The largest absolute Gasteiger partial charge is 0.388 e. The Hall–Kier alpha value is -0.860. The predicted molar refractivity (Wildman–Crippen MR) is 96.2 cm³/mol. The van der Waals surface area contributed by atoms with Crippen molar-refractivity contribution in [1.29, 1.82) is 0 Å². The molecule has 0 aromatic carbocycles. The van der Waals surface area contributed by atoms with Crippen molar-refractivity contribution in [3.63, 3.8) is 0 Å². The van der Waals surface area contributed by atoms with E-state index in [-0.39, 0.29) is 5.75 Å². The molecular weight excluding hydrogens is 316 g/mol. The van der Waals surface area contributed by atoms with Gasteiger partial charge in [0.05, 0.1) is 17.9 Å². The molecule has 8 heteroatoms. The molecule has 0 atom stereocenters. The van der Waals surface area contributed by atoms with Gasteiger partial charge in [-0.1, -0.05) is 26.7 Å². The van der Waals surface area contributed by atoms with Gasteiger partial charge in [0.1, 0.15) is 0 Å². The summed E-state index contributed by atoms with van der Waals surface area (Å²) in [7, 11) is -3.17. The van der Waals surface area contributed by atoms with Crippen LogP contribution in [0, 0.1) is 0 Å². The molecule has 0 aromatic rings. The highest BCUT2D eigenvalue weighted by Crippen LogP contribution is 2.19. The van der Waals surface area contributed by atoms with E-state index in [4.69, 9.17) is 0 Å². The van der Waals surface area contributed by atoms with Crippen LogP contribution in [0.15, 0.2) is 4.99 Å². The molecule has 0 heterocycles. The number of nitrogens with one attached hydrogen (secondary N) is 3. The molecule has 0 bridgehead atoms. The minimum Gasteiger partial charge on any atom is -0.388 e. The van der Waals surface area contributed by atoms with Crippen molar-refractivity contribution in [3.8, 4) is 0 Å². The van der Waals surface area contributed by atoms with Crippen LogP contribution in [0.3, 0.4) is 0 Å². The molecule has 0 saturated heterocycles. The molecule has 23 heavy (non-hydrogen) atoms. The van der Waals surface area contributed by atoms with Crippen LogP contribution in [0.1, 0.15) is 53.4 Å². The lowest BCUT2D eigenvalue weighted by molar-refractivity contribution is 0.0306. The van der Waals surface area contributed by atoms with E-state index in [2.05, 4.69) is 20.3 Å². The minimum atomic E-state index is -3.17. The van der Waals surface area contributed by atoms with E-state index < -0.39 is 15.6 Å². The van der Waals surface area contributed by atoms with Crippen LogP contribution in [-0.2, 0) is 10.0 Å². The number of guanidine groups is 1. The number of sulfonamides is 1. The Morgan fingerprint density at radius 3 is 2.13 bits per heavy atom. The second kappa shape index (κ2) is 11.6. The molecule has 0 spiro atoms. The van der Waals surface area contributed by atoms with Crippen molar-refractivity contribution < 1.29 is 13.5 Å². The summed E-state index contributed by atoms with van der Waals surface area (Å²) in [5.41, 5.74) is -0.768. The third-order valence-corrected chi connectivity index (χ3v) is 4.83. The van der Waals surface area contributed by atoms with Crippen molar-refractivity contribution in [2.45, 2.75) is 59.0 Å². The second-order valence-electron chi connectivity index (χ2n) is 5.64. The number of aliphatic imine (C=N–C) groups is 1. The summed E-state index contributed by atoms with van der Waals surface area (Å²) in [6.07, 6.45) is 3.27. The number of hydrogen-bond donors (Lipinski definition) is 4. The van der Waals surface area contributed by atoms with Gasteiger partial charge in [-0.2, -0.15) is 0 Å². The van der Waals surface area contributed by atoms with Crippen LogP contribution >= 0.6 is 0 Å². The summed E-state index contributed by atoms with van der Waals surface area (Å²) in [6.45, 7) is 9.43. The summed E-state index contributed by atoms with van der Waals surface area (Å²) in [5, 5.41) is 16.8. The maximum atomic E-state index is 11.4. The Kier molecular flexibility index (Phi) is 11.2. The van der Waals surface area contributed by atoms with E-state index in [9.17, 15) is 13.5 Å². The first-order valence-electron chi connectivity index (χ1n) is 8.54. The van der Waals surface area contributed by atoms with Crippen LogP contribution < -0.4 is 15.4 Å². The molecule has 0 fully saturated rings. The van der Waals surface area contributed by atoms with Gasteiger partial charge in [-0.3, -0.25) is 4.99 Å². The number of aliphatic hydroxyl groups is 1. The molecule has 0 saturated carbocycles. The third-order valence-electron chi connectivity index (χ3n) is 3.43. The second-order valence-corrected chi connectivity index (χ2v) is 7.74. The van der Waals surface area contributed by atoms with Crippen molar-refractivity contribution in [3.05, 3.63) is 0 Å². The molecule has 0 amide bonds. The van der Waals surface area contributed by atoms with Gasteiger partial charge in [0.25, 0.3) is 0 Å². The van der Waals surface area contributed by atoms with Gasteiger partial charge in [0.2, 0.25) is 10.0 Å². The average molecular weight is 351 g/mol. The first-order chi connectivity index (χ1) is 10.8. The SMILES string of the molecule is CCCC(O)(CCC)CN=C(NCC)NCCNS(=O)(=O)CC. The fraction of sp³-hybridized carbons (Fsp3) is 0.933. The molecule has 4 N–H and O–H groups in total. The molecule has 7 nitrogen and oxygen atoms in total. The standard InChI is InChI=1S/C15H34N4O3S/c1-5-9-15(20,10-6-2)13-18-14(16-7-3)17-11-12-19-23(21,22)8-4/h19-20H,5-13H2,1-4H3,(H2,16,17,18). The quantitative estimate of drug-likeness (QED) is 0.237. The first-order valence-corrected chi connectivity index (χ1v) is 10.2. The molecule has 0 aliphatic carbocycles. The Labute approximate surface area is 141 Å². The number of nitrogens with zero attached hydrogens (tertiary/aromatic N) is 1. The van der Waals surface area contributed by atoms with E-state index in [1.807, 2.05) is 20.8 Å². The normalized spacial score (nSPS) is 13.2. The summed E-state index contributed by atoms with van der Waals surface area (Å²) in [6, 6.07) is 0. The van der Waals surface area contributed by atoms with Gasteiger partial charge in [-0.05, 0) is 26.7 Å². The topological polar surface area (TPSA) is 103 Å². The molecule has 138 valence electrons. The molecule has 0 aromatic heterocycles.